The van der Waals surface area contributed by atoms with E-state index in [1.807, 2.05) is 36.4 Å². The number of rotatable bonds is 5. The molecule has 4 rings (SSSR count). The van der Waals surface area contributed by atoms with Crippen LogP contribution in [0.2, 0.25) is 0 Å². The summed E-state index contributed by atoms with van der Waals surface area (Å²) in [6.45, 7) is 1.14. The van der Waals surface area contributed by atoms with Crippen LogP contribution in [0.3, 0.4) is 0 Å². The maximum absolute atomic E-state index is 12.7. The average molecular weight is 403 g/mol. The fourth-order valence-corrected chi connectivity index (χ4v) is 4.14. The molecule has 28 heavy (non-hydrogen) atoms. The molecule has 6 heteroatoms. The monoisotopic (exact) mass is 402 g/mol. The first-order chi connectivity index (χ1) is 13.2. The highest BCUT2D eigenvalue weighted by molar-refractivity contribution is 5.85. The van der Waals surface area contributed by atoms with E-state index >= 15 is 0 Å². The van der Waals surface area contributed by atoms with Gasteiger partial charge in [0.25, 0.3) is 0 Å². The summed E-state index contributed by atoms with van der Waals surface area (Å²) in [5, 5.41) is 3.33. The average Bonchev–Trinajstić information content (AvgIpc) is 3.16. The van der Waals surface area contributed by atoms with Crippen molar-refractivity contribution in [3.05, 3.63) is 53.6 Å². The third kappa shape index (κ3) is 4.20. The van der Waals surface area contributed by atoms with Crippen LogP contribution in [0.15, 0.2) is 42.5 Å². The fourth-order valence-electron chi connectivity index (χ4n) is 4.14. The molecular weight excluding hydrogens is 376 g/mol. The van der Waals surface area contributed by atoms with E-state index in [0.29, 0.717) is 26.1 Å². The lowest BCUT2D eigenvalue weighted by Gasteiger charge is -2.32. The van der Waals surface area contributed by atoms with Gasteiger partial charge in [0.15, 0.2) is 11.5 Å². The van der Waals surface area contributed by atoms with Crippen molar-refractivity contribution in [2.24, 2.45) is 0 Å². The molecule has 2 aliphatic rings. The Labute approximate surface area is 172 Å². The zero-order valence-electron chi connectivity index (χ0n) is 15.9. The molecule has 1 fully saturated rings. The van der Waals surface area contributed by atoms with E-state index in [-0.39, 0.29) is 23.9 Å². The van der Waals surface area contributed by atoms with Gasteiger partial charge in [-0.05, 0) is 48.6 Å². The van der Waals surface area contributed by atoms with E-state index in [1.54, 1.807) is 0 Å². The Kier molecular flexibility index (Phi) is 6.35. The summed E-state index contributed by atoms with van der Waals surface area (Å²) in [5.41, 5.74) is 8.56. The van der Waals surface area contributed by atoms with E-state index < -0.39 is 0 Å². The molecule has 2 aromatic rings. The Hall–Kier alpha value is -2.40. The number of hydrogen-bond donors (Lipinski definition) is 2. The Balaban J connectivity index is 0.00000225. The lowest BCUT2D eigenvalue weighted by Crippen LogP contribution is -2.44. The van der Waals surface area contributed by atoms with Crippen molar-refractivity contribution in [2.75, 3.05) is 18.9 Å². The van der Waals surface area contributed by atoms with Crippen LogP contribution >= 0.6 is 12.4 Å². The highest BCUT2D eigenvalue weighted by Gasteiger charge is 2.37. The predicted octanol–water partition coefficient (Wildman–Crippen LogP) is 3.98. The van der Waals surface area contributed by atoms with Crippen molar-refractivity contribution >= 4 is 24.0 Å². The molecule has 1 heterocycles. The van der Waals surface area contributed by atoms with Crippen molar-refractivity contribution < 1.29 is 14.3 Å². The minimum Gasteiger partial charge on any atom is -0.486 e. The third-order valence-corrected chi connectivity index (χ3v) is 5.61. The second-order valence-corrected chi connectivity index (χ2v) is 7.39. The number of anilines is 1. The van der Waals surface area contributed by atoms with Gasteiger partial charge in [-0.3, -0.25) is 4.79 Å². The maximum atomic E-state index is 12.7. The topological polar surface area (TPSA) is 73.6 Å². The molecule has 1 amide bonds. The number of nitrogens with one attached hydrogen (secondary N) is 1. The molecule has 1 aliphatic carbocycles. The molecule has 150 valence electrons. The number of halogens is 1. The number of amides is 1. The van der Waals surface area contributed by atoms with E-state index in [4.69, 9.17) is 15.2 Å². The number of carbonyl (C=O) groups is 1. The van der Waals surface area contributed by atoms with Gasteiger partial charge < -0.3 is 20.5 Å². The zero-order chi connectivity index (χ0) is 18.7. The molecule has 0 spiro atoms. The molecule has 3 N–H and O–H groups in total. The van der Waals surface area contributed by atoms with Gasteiger partial charge in [0, 0.05) is 12.1 Å². The summed E-state index contributed by atoms with van der Waals surface area (Å²) in [4.78, 5) is 12.7. The number of carbonyl (C=O) groups excluding carboxylic acids is 1. The molecule has 1 saturated carbocycles. The maximum Gasteiger partial charge on any atom is 0.221 e. The molecule has 0 radical (unpaired) electrons. The van der Waals surface area contributed by atoms with Crippen LogP contribution < -0.4 is 20.5 Å². The lowest BCUT2D eigenvalue weighted by molar-refractivity contribution is -0.123. The molecular formula is C22H27ClN2O3. The molecule has 1 aliphatic heterocycles. The number of aryl methyl sites for hydroxylation is 1. The van der Waals surface area contributed by atoms with Crippen LogP contribution in [0.25, 0.3) is 0 Å². The van der Waals surface area contributed by atoms with Crippen LogP contribution in [-0.4, -0.2) is 19.1 Å². The standard InChI is InChI=1S/C22H26N2O3.ClH/c23-18-6-2-1-5-16(18)7-10-21(25)24-22(11-3-4-12-22)17-8-9-19-20(15-17)27-14-13-26-19;/h1-2,5-6,8-9,15H,3-4,7,10-14,23H2,(H,24,25);1H. The Bertz CT molecular complexity index is 834. The molecule has 0 bridgehead atoms. The largest absolute Gasteiger partial charge is 0.486 e. The van der Waals surface area contributed by atoms with E-state index in [1.165, 1.54) is 0 Å². The number of para-hydroxylation sites is 1. The fraction of sp³-hybridized carbons (Fsp3) is 0.409. The number of fused-ring (bicyclic) bond motifs is 1. The van der Waals surface area contributed by atoms with Crippen molar-refractivity contribution in [1.29, 1.82) is 0 Å². The van der Waals surface area contributed by atoms with Crippen LogP contribution in [0.5, 0.6) is 11.5 Å². The number of benzene rings is 2. The van der Waals surface area contributed by atoms with E-state index in [9.17, 15) is 4.79 Å². The normalized spacial score (nSPS) is 16.9. The first kappa shape index (κ1) is 20.3. The smallest absolute Gasteiger partial charge is 0.221 e. The molecule has 5 nitrogen and oxygen atoms in total. The van der Waals surface area contributed by atoms with Gasteiger partial charge in [-0.1, -0.05) is 37.1 Å². The molecule has 0 aromatic heterocycles. The van der Waals surface area contributed by atoms with Gasteiger partial charge in [-0.15, -0.1) is 12.4 Å². The third-order valence-electron chi connectivity index (χ3n) is 5.61. The summed E-state index contributed by atoms with van der Waals surface area (Å²) >= 11 is 0. The Morgan fingerprint density at radius 3 is 2.50 bits per heavy atom. The van der Waals surface area contributed by atoms with Crippen molar-refractivity contribution in [2.45, 2.75) is 44.1 Å². The highest BCUT2D eigenvalue weighted by Crippen LogP contribution is 2.42. The molecule has 0 atom stereocenters. The van der Waals surface area contributed by atoms with Gasteiger partial charge in [0.1, 0.15) is 13.2 Å². The minimum absolute atomic E-state index is 0. The summed E-state index contributed by atoms with van der Waals surface area (Å²) in [6, 6.07) is 13.8. The van der Waals surface area contributed by atoms with Gasteiger partial charge >= 0.3 is 0 Å². The van der Waals surface area contributed by atoms with Crippen LogP contribution in [0, 0.1) is 0 Å². The molecule has 0 saturated heterocycles. The first-order valence-corrected chi connectivity index (χ1v) is 9.71. The summed E-state index contributed by atoms with van der Waals surface area (Å²) in [6.07, 6.45) is 5.20. The van der Waals surface area contributed by atoms with Crippen molar-refractivity contribution in [3.8, 4) is 11.5 Å². The zero-order valence-corrected chi connectivity index (χ0v) is 16.7. The quantitative estimate of drug-likeness (QED) is 0.742. The number of ether oxygens (including phenoxy) is 2. The van der Waals surface area contributed by atoms with Crippen LogP contribution in [0.4, 0.5) is 5.69 Å². The lowest BCUT2D eigenvalue weighted by atomic mass is 9.87. The Morgan fingerprint density at radius 2 is 1.75 bits per heavy atom. The number of nitrogen functional groups attached to an aromatic ring is 1. The van der Waals surface area contributed by atoms with Gasteiger partial charge in [-0.25, -0.2) is 0 Å². The minimum atomic E-state index is -0.310. The van der Waals surface area contributed by atoms with Crippen LogP contribution in [-0.2, 0) is 16.8 Å². The molecule has 2 aromatic carbocycles. The van der Waals surface area contributed by atoms with Gasteiger partial charge in [-0.2, -0.15) is 0 Å². The molecule has 0 unspecified atom stereocenters. The number of hydrogen-bond acceptors (Lipinski definition) is 4. The number of nitrogens with two attached hydrogens (primary N) is 1. The first-order valence-electron chi connectivity index (χ1n) is 9.71. The predicted molar refractivity (Wildman–Crippen MR) is 112 cm³/mol. The second-order valence-electron chi connectivity index (χ2n) is 7.39. The van der Waals surface area contributed by atoms with Crippen LogP contribution in [0.1, 0.15) is 43.2 Å². The van der Waals surface area contributed by atoms with E-state index in [0.717, 1.165) is 54.0 Å². The summed E-state index contributed by atoms with van der Waals surface area (Å²) in [7, 11) is 0. The second kappa shape index (κ2) is 8.74. The summed E-state index contributed by atoms with van der Waals surface area (Å²) in [5.74, 6) is 1.62. The SMILES string of the molecule is Cl.Nc1ccccc1CCC(=O)NC1(c2ccc3c(c2)OCCO3)CCCC1. The van der Waals surface area contributed by atoms with Gasteiger partial charge in [0.05, 0.1) is 5.54 Å². The van der Waals surface area contributed by atoms with Gasteiger partial charge in [0.2, 0.25) is 5.91 Å². The highest BCUT2D eigenvalue weighted by atomic mass is 35.5. The Morgan fingerprint density at radius 1 is 1.04 bits per heavy atom. The van der Waals surface area contributed by atoms with E-state index in [2.05, 4.69) is 11.4 Å². The van der Waals surface area contributed by atoms with Crippen molar-refractivity contribution in [1.82, 2.24) is 5.32 Å². The summed E-state index contributed by atoms with van der Waals surface area (Å²) < 4.78 is 11.4. The van der Waals surface area contributed by atoms with Crippen molar-refractivity contribution in [3.63, 3.8) is 0 Å².